The summed E-state index contributed by atoms with van der Waals surface area (Å²) in [5.41, 5.74) is -0.231. The summed E-state index contributed by atoms with van der Waals surface area (Å²) >= 11 is 0. The molecule has 0 aliphatic carbocycles. The molecular formula is C14H15F2NO4. The zero-order chi connectivity index (χ0) is 16.0. The standard InChI is InChI=1S/C14H15F2NO4/c1-8(2)7-21-4-3-17-13(18)9-5-11(15)12(16)6-10(9)14(19)20/h5-6H,1,3-4,7H2,2H3,(H,17,18)(H,19,20). The molecule has 1 aromatic carbocycles. The molecule has 0 radical (unpaired) electrons. The van der Waals surface area contributed by atoms with Gasteiger partial charge in [-0.2, -0.15) is 0 Å². The number of carboxylic acids is 1. The van der Waals surface area contributed by atoms with Crippen molar-refractivity contribution in [3.8, 4) is 0 Å². The number of nitrogens with one attached hydrogen (secondary N) is 1. The van der Waals surface area contributed by atoms with Gasteiger partial charge in [0.05, 0.1) is 24.3 Å². The van der Waals surface area contributed by atoms with E-state index in [1.807, 2.05) is 0 Å². The molecule has 0 heterocycles. The molecule has 21 heavy (non-hydrogen) atoms. The minimum atomic E-state index is -1.52. The Labute approximate surface area is 120 Å². The average molecular weight is 299 g/mol. The molecule has 0 aliphatic rings. The summed E-state index contributed by atoms with van der Waals surface area (Å²) in [5, 5.41) is 11.3. The molecule has 0 bridgehead atoms. The van der Waals surface area contributed by atoms with Gasteiger partial charge in [-0.1, -0.05) is 12.2 Å². The van der Waals surface area contributed by atoms with Crippen molar-refractivity contribution in [1.82, 2.24) is 5.32 Å². The van der Waals surface area contributed by atoms with Gasteiger partial charge in [-0.15, -0.1) is 0 Å². The van der Waals surface area contributed by atoms with Gasteiger partial charge in [-0.3, -0.25) is 4.79 Å². The first-order chi connectivity index (χ1) is 9.82. The second kappa shape index (κ2) is 7.49. The molecule has 0 saturated heterocycles. The number of hydrogen-bond acceptors (Lipinski definition) is 3. The van der Waals surface area contributed by atoms with Crippen LogP contribution < -0.4 is 5.32 Å². The van der Waals surface area contributed by atoms with Gasteiger partial charge in [0.1, 0.15) is 0 Å². The molecule has 0 atom stereocenters. The Balaban J connectivity index is 2.71. The third-order valence-corrected chi connectivity index (χ3v) is 2.42. The molecule has 7 heteroatoms. The third kappa shape index (κ3) is 4.96. The van der Waals surface area contributed by atoms with Crippen LogP contribution in [-0.2, 0) is 4.74 Å². The van der Waals surface area contributed by atoms with Crippen LogP contribution in [0.5, 0.6) is 0 Å². The lowest BCUT2D eigenvalue weighted by Gasteiger charge is -2.09. The van der Waals surface area contributed by atoms with Crippen molar-refractivity contribution in [2.75, 3.05) is 19.8 Å². The Morgan fingerprint density at radius 3 is 2.38 bits per heavy atom. The zero-order valence-corrected chi connectivity index (χ0v) is 11.4. The van der Waals surface area contributed by atoms with Gasteiger partial charge in [0.2, 0.25) is 0 Å². The second-order valence-electron chi connectivity index (χ2n) is 4.38. The zero-order valence-electron chi connectivity index (χ0n) is 11.4. The van der Waals surface area contributed by atoms with E-state index in [0.29, 0.717) is 18.7 Å². The van der Waals surface area contributed by atoms with E-state index in [2.05, 4.69) is 11.9 Å². The lowest BCUT2D eigenvalue weighted by molar-refractivity contribution is 0.0689. The highest BCUT2D eigenvalue weighted by Gasteiger charge is 2.20. The van der Waals surface area contributed by atoms with Crippen molar-refractivity contribution in [1.29, 1.82) is 0 Å². The van der Waals surface area contributed by atoms with E-state index in [9.17, 15) is 18.4 Å². The number of carbonyl (C=O) groups is 2. The van der Waals surface area contributed by atoms with E-state index in [-0.39, 0.29) is 13.2 Å². The Morgan fingerprint density at radius 1 is 1.29 bits per heavy atom. The summed E-state index contributed by atoms with van der Waals surface area (Å²) in [6.07, 6.45) is 0. The number of aromatic carboxylic acids is 1. The minimum Gasteiger partial charge on any atom is -0.478 e. The lowest BCUT2D eigenvalue weighted by atomic mass is 10.1. The van der Waals surface area contributed by atoms with Crippen molar-refractivity contribution in [3.63, 3.8) is 0 Å². The maximum Gasteiger partial charge on any atom is 0.336 e. The summed E-state index contributed by atoms with van der Waals surface area (Å²) < 4.78 is 31.3. The van der Waals surface area contributed by atoms with E-state index in [0.717, 1.165) is 5.57 Å². The highest BCUT2D eigenvalue weighted by Crippen LogP contribution is 2.15. The van der Waals surface area contributed by atoms with Gasteiger partial charge in [-0.25, -0.2) is 13.6 Å². The fraction of sp³-hybridized carbons (Fsp3) is 0.286. The fourth-order valence-electron chi connectivity index (χ4n) is 1.49. The van der Waals surface area contributed by atoms with Gasteiger partial charge in [0.15, 0.2) is 11.6 Å². The lowest BCUT2D eigenvalue weighted by Crippen LogP contribution is -2.29. The second-order valence-corrected chi connectivity index (χ2v) is 4.38. The Morgan fingerprint density at radius 2 is 1.86 bits per heavy atom. The molecule has 5 nitrogen and oxygen atoms in total. The van der Waals surface area contributed by atoms with Crippen molar-refractivity contribution in [3.05, 3.63) is 47.0 Å². The Hall–Kier alpha value is -2.28. The Bertz CT molecular complexity index is 572. The van der Waals surface area contributed by atoms with Crippen LogP contribution in [0, 0.1) is 11.6 Å². The Kier molecular flexibility index (Phi) is 5.98. The topological polar surface area (TPSA) is 75.6 Å². The van der Waals surface area contributed by atoms with Crippen molar-refractivity contribution in [2.24, 2.45) is 0 Å². The maximum atomic E-state index is 13.1. The van der Waals surface area contributed by atoms with Crippen LogP contribution >= 0.6 is 0 Å². The average Bonchev–Trinajstić information content (AvgIpc) is 2.40. The SMILES string of the molecule is C=C(C)COCCNC(=O)c1cc(F)c(F)cc1C(=O)O. The summed E-state index contributed by atoms with van der Waals surface area (Å²) in [7, 11) is 0. The van der Waals surface area contributed by atoms with Crippen LogP contribution in [0.15, 0.2) is 24.3 Å². The monoisotopic (exact) mass is 299 g/mol. The first kappa shape index (κ1) is 16.8. The summed E-state index contributed by atoms with van der Waals surface area (Å²) in [5.74, 6) is -4.94. The largest absolute Gasteiger partial charge is 0.478 e. The van der Waals surface area contributed by atoms with E-state index in [4.69, 9.17) is 9.84 Å². The number of ether oxygens (including phenoxy) is 1. The fourth-order valence-corrected chi connectivity index (χ4v) is 1.49. The van der Waals surface area contributed by atoms with Crippen molar-refractivity contribution >= 4 is 11.9 Å². The molecule has 1 rings (SSSR count). The van der Waals surface area contributed by atoms with E-state index < -0.39 is 34.6 Å². The van der Waals surface area contributed by atoms with Gasteiger partial charge >= 0.3 is 5.97 Å². The van der Waals surface area contributed by atoms with E-state index in [1.165, 1.54) is 0 Å². The maximum absolute atomic E-state index is 13.1. The molecule has 0 aromatic heterocycles. The van der Waals surface area contributed by atoms with Crippen LogP contribution in [0.3, 0.4) is 0 Å². The first-order valence-corrected chi connectivity index (χ1v) is 6.05. The van der Waals surface area contributed by atoms with E-state index in [1.54, 1.807) is 6.92 Å². The third-order valence-electron chi connectivity index (χ3n) is 2.42. The number of benzene rings is 1. The van der Waals surface area contributed by atoms with Gasteiger partial charge in [0.25, 0.3) is 5.91 Å². The van der Waals surface area contributed by atoms with Crippen LogP contribution in [-0.4, -0.2) is 36.7 Å². The predicted molar refractivity (Wildman–Crippen MR) is 71.3 cm³/mol. The van der Waals surface area contributed by atoms with Crippen LogP contribution in [0.4, 0.5) is 8.78 Å². The number of carbonyl (C=O) groups excluding carboxylic acids is 1. The molecule has 2 N–H and O–H groups in total. The van der Waals surface area contributed by atoms with Gasteiger partial charge in [0, 0.05) is 6.54 Å². The predicted octanol–water partition coefficient (Wildman–Crippen LogP) is 1.99. The number of rotatable bonds is 7. The van der Waals surface area contributed by atoms with Gasteiger partial charge < -0.3 is 15.2 Å². The normalized spacial score (nSPS) is 10.2. The van der Waals surface area contributed by atoms with Crippen LogP contribution in [0.1, 0.15) is 27.6 Å². The molecule has 0 spiro atoms. The van der Waals surface area contributed by atoms with Crippen molar-refractivity contribution < 1.29 is 28.2 Å². The molecule has 1 aromatic rings. The quantitative estimate of drug-likeness (QED) is 0.596. The number of carboxylic acid groups (broad SMARTS) is 1. The molecule has 0 aliphatic heterocycles. The number of halogens is 2. The first-order valence-electron chi connectivity index (χ1n) is 6.05. The summed E-state index contributed by atoms with van der Waals surface area (Å²) in [6, 6.07) is 1.03. The minimum absolute atomic E-state index is 0.101. The molecule has 0 unspecified atom stereocenters. The molecular weight excluding hydrogens is 284 g/mol. The highest BCUT2D eigenvalue weighted by molar-refractivity contribution is 6.04. The van der Waals surface area contributed by atoms with Crippen LogP contribution in [0.2, 0.25) is 0 Å². The van der Waals surface area contributed by atoms with Crippen molar-refractivity contribution in [2.45, 2.75) is 6.92 Å². The smallest absolute Gasteiger partial charge is 0.336 e. The number of hydrogen-bond donors (Lipinski definition) is 2. The molecule has 114 valence electrons. The molecule has 0 saturated carbocycles. The van der Waals surface area contributed by atoms with Gasteiger partial charge in [-0.05, 0) is 19.1 Å². The van der Waals surface area contributed by atoms with Crippen LogP contribution in [0.25, 0.3) is 0 Å². The molecule has 0 fully saturated rings. The molecule has 1 amide bonds. The highest BCUT2D eigenvalue weighted by atomic mass is 19.2. The summed E-state index contributed by atoms with van der Waals surface area (Å²) in [4.78, 5) is 22.7. The number of amides is 1. The summed E-state index contributed by atoms with van der Waals surface area (Å²) in [6.45, 7) is 6.03. The van der Waals surface area contributed by atoms with E-state index >= 15 is 0 Å².